The van der Waals surface area contributed by atoms with E-state index in [4.69, 9.17) is 10.8 Å². The number of rotatable bonds is 6. The normalized spacial score (nSPS) is 25.8. The molecule has 0 bridgehead atoms. The molecule has 0 spiro atoms. The highest BCUT2D eigenvalue weighted by Crippen LogP contribution is 2.49. The Morgan fingerprint density at radius 1 is 1.06 bits per heavy atom. The summed E-state index contributed by atoms with van der Waals surface area (Å²) in [4.78, 5) is 4.99. The van der Waals surface area contributed by atoms with Crippen LogP contribution in [0.15, 0.2) is 0 Å². The lowest BCUT2D eigenvalue weighted by molar-refractivity contribution is 0.188. The summed E-state index contributed by atoms with van der Waals surface area (Å²) in [5.41, 5.74) is 6.27. The maximum atomic E-state index is 8.97. The minimum atomic E-state index is 0.289. The minimum Gasteiger partial charge on any atom is -0.395 e. The number of aliphatic hydroxyl groups excluding tert-OH is 1. The number of nitrogens with two attached hydrogens (primary N) is 1. The number of hydrogen-bond acceptors (Lipinski definition) is 4. The largest absolute Gasteiger partial charge is 0.395 e. The lowest BCUT2D eigenvalue weighted by Gasteiger charge is -2.26. The summed E-state index contributed by atoms with van der Waals surface area (Å²) in [7, 11) is 0. The van der Waals surface area contributed by atoms with E-state index in [2.05, 4.69) is 9.80 Å². The summed E-state index contributed by atoms with van der Waals surface area (Å²) in [6.07, 6.45) is 5.19. The standard InChI is InChI=1S/C13H27N3O/c14-5-4-13(2-3-13)12-16-7-1-6-15(8-9-16)10-11-17/h17H,1-12,14H2. The molecule has 0 radical (unpaired) electrons. The molecule has 0 amide bonds. The van der Waals surface area contributed by atoms with E-state index in [0.717, 1.165) is 32.7 Å². The summed E-state index contributed by atoms with van der Waals surface area (Å²) < 4.78 is 0. The second-order valence-electron chi connectivity index (χ2n) is 5.73. The van der Waals surface area contributed by atoms with Crippen LogP contribution < -0.4 is 5.73 Å². The average Bonchev–Trinajstić information content (AvgIpc) is 3.07. The molecular formula is C13H27N3O. The summed E-state index contributed by atoms with van der Waals surface area (Å²) in [5, 5.41) is 8.97. The van der Waals surface area contributed by atoms with Crippen LogP contribution in [0.2, 0.25) is 0 Å². The molecule has 0 aromatic carbocycles. The van der Waals surface area contributed by atoms with E-state index >= 15 is 0 Å². The lowest BCUT2D eigenvalue weighted by atomic mass is 10.0. The van der Waals surface area contributed by atoms with E-state index in [-0.39, 0.29) is 6.61 Å². The molecular weight excluding hydrogens is 214 g/mol. The maximum absolute atomic E-state index is 8.97. The Morgan fingerprint density at radius 2 is 1.76 bits per heavy atom. The number of hydrogen-bond donors (Lipinski definition) is 2. The Kier molecular flexibility index (Phi) is 4.79. The molecule has 100 valence electrons. The van der Waals surface area contributed by atoms with Crippen LogP contribution in [0.4, 0.5) is 0 Å². The summed E-state index contributed by atoms with van der Waals surface area (Å²) in [6.45, 7) is 7.83. The van der Waals surface area contributed by atoms with Gasteiger partial charge in [0.15, 0.2) is 0 Å². The molecule has 2 rings (SSSR count). The Labute approximate surface area is 105 Å². The van der Waals surface area contributed by atoms with Gasteiger partial charge in [-0.15, -0.1) is 0 Å². The minimum absolute atomic E-state index is 0.289. The second-order valence-corrected chi connectivity index (χ2v) is 5.73. The van der Waals surface area contributed by atoms with Gasteiger partial charge in [-0.2, -0.15) is 0 Å². The smallest absolute Gasteiger partial charge is 0.0558 e. The van der Waals surface area contributed by atoms with Crippen molar-refractivity contribution in [3.05, 3.63) is 0 Å². The molecule has 1 aliphatic heterocycles. The molecule has 1 saturated heterocycles. The molecule has 17 heavy (non-hydrogen) atoms. The highest BCUT2D eigenvalue weighted by molar-refractivity contribution is 4.96. The van der Waals surface area contributed by atoms with Crippen LogP contribution in [0.1, 0.15) is 25.7 Å². The fourth-order valence-corrected chi connectivity index (χ4v) is 2.99. The topological polar surface area (TPSA) is 52.7 Å². The Balaban J connectivity index is 1.75. The fraction of sp³-hybridized carbons (Fsp3) is 1.00. The van der Waals surface area contributed by atoms with Crippen molar-refractivity contribution in [3.63, 3.8) is 0 Å². The van der Waals surface area contributed by atoms with Crippen LogP contribution >= 0.6 is 0 Å². The van der Waals surface area contributed by atoms with Gasteiger partial charge in [0, 0.05) is 26.2 Å². The first kappa shape index (κ1) is 13.3. The first-order chi connectivity index (χ1) is 8.28. The van der Waals surface area contributed by atoms with E-state index in [1.54, 1.807) is 0 Å². The zero-order valence-electron chi connectivity index (χ0n) is 10.9. The van der Waals surface area contributed by atoms with Crippen LogP contribution in [0.3, 0.4) is 0 Å². The number of β-amino-alcohol motifs (C(OH)–C–C–N with tert-alkyl or cyclic N) is 1. The highest BCUT2D eigenvalue weighted by atomic mass is 16.3. The Hall–Kier alpha value is -0.160. The van der Waals surface area contributed by atoms with E-state index in [9.17, 15) is 0 Å². The van der Waals surface area contributed by atoms with Crippen molar-refractivity contribution in [1.29, 1.82) is 0 Å². The molecule has 1 heterocycles. The van der Waals surface area contributed by atoms with Crippen LogP contribution in [-0.4, -0.2) is 67.3 Å². The predicted octanol–water partition coefficient (Wildman–Crippen LogP) is 0.115. The van der Waals surface area contributed by atoms with E-state index in [1.807, 2.05) is 0 Å². The van der Waals surface area contributed by atoms with Crippen molar-refractivity contribution in [2.45, 2.75) is 25.7 Å². The molecule has 0 aromatic heterocycles. The third-order valence-electron chi connectivity index (χ3n) is 4.29. The molecule has 0 unspecified atom stereocenters. The van der Waals surface area contributed by atoms with Crippen molar-refractivity contribution in [2.24, 2.45) is 11.1 Å². The maximum Gasteiger partial charge on any atom is 0.0558 e. The van der Waals surface area contributed by atoms with E-state index < -0.39 is 0 Å². The van der Waals surface area contributed by atoms with Gasteiger partial charge in [0.2, 0.25) is 0 Å². The Bertz CT molecular complexity index is 231. The fourth-order valence-electron chi connectivity index (χ4n) is 2.99. The van der Waals surface area contributed by atoms with Crippen molar-refractivity contribution in [1.82, 2.24) is 9.80 Å². The van der Waals surface area contributed by atoms with Gasteiger partial charge in [0.1, 0.15) is 0 Å². The summed E-state index contributed by atoms with van der Waals surface area (Å²) >= 11 is 0. The summed E-state index contributed by atoms with van der Waals surface area (Å²) in [6, 6.07) is 0. The molecule has 1 saturated carbocycles. The van der Waals surface area contributed by atoms with Gasteiger partial charge in [-0.05, 0) is 50.7 Å². The molecule has 4 nitrogen and oxygen atoms in total. The van der Waals surface area contributed by atoms with Crippen LogP contribution in [0, 0.1) is 5.41 Å². The van der Waals surface area contributed by atoms with Crippen molar-refractivity contribution in [3.8, 4) is 0 Å². The van der Waals surface area contributed by atoms with Crippen LogP contribution in [0.5, 0.6) is 0 Å². The molecule has 0 aromatic rings. The first-order valence-electron chi connectivity index (χ1n) is 7.04. The second kappa shape index (κ2) is 6.14. The summed E-state index contributed by atoms with van der Waals surface area (Å²) in [5.74, 6) is 0. The van der Waals surface area contributed by atoms with Gasteiger partial charge >= 0.3 is 0 Å². The Morgan fingerprint density at radius 3 is 2.41 bits per heavy atom. The third kappa shape index (κ3) is 3.91. The van der Waals surface area contributed by atoms with Crippen molar-refractivity contribution >= 4 is 0 Å². The molecule has 2 aliphatic rings. The molecule has 3 N–H and O–H groups in total. The predicted molar refractivity (Wildman–Crippen MR) is 69.9 cm³/mol. The highest BCUT2D eigenvalue weighted by Gasteiger charge is 2.42. The van der Waals surface area contributed by atoms with E-state index in [1.165, 1.54) is 38.8 Å². The van der Waals surface area contributed by atoms with Gasteiger partial charge < -0.3 is 15.7 Å². The van der Waals surface area contributed by atoms with Gasteiger partial charge in [0.05, 0.1) is 6.61 Å². The zero-order chi connectivity index (χ0) is 12.1. The van der Waals surface area contributed by atoms with Crippen LogP contribution in [-0.2, 0) is 0 Å². The van der Waals surface area contributed by atoms with Crippen LogP contribution in [0.25, 0.3) is 0 Å². The first-order valence-corrected chi connectivity index (χ1v) is 7.04. The molecule has 0 atom stereocenters. The van der Waals surface area contributed by atoms with Crippen molar-refractivity contribution < 1.29 is 5.11 Å². The molecule has 1 aliphatic carbocycles. The lowest BCUT2D eigenvalue weighted by Crippen LogP contribution is -2.36. The number of nitrogens with zero attached hydrogens (tertiary/aromatic N) is 2. The SMILES string of the molecule is NCCC1(CN2CCCN(CCO)CC2)CC1. The van der Waals surface area contributed by atoms with Gasteiger partial charge in [-0.25, -0.2) is 0 Å². The average molecular weight is 241 g/mol. The molecule has 4 heteroatoms. The third-order valence-corrected chi connectivity index (χ3v) is 4.29. The molecule has 2 fully saturated rings. The zero-order valence-corrected chi connectivity index (χ0v) is 10.9. The number of aliphatic hydroxyl groups is 1. The van der Waals surface area contributed by atoms with Crippen molar-refractivity contribution in [2.75, 3.05) is 52.4 Å². The van der Waals surface area contributed by atoms with Gasteiger partial charge in [-0.1, -0.05) is 0 Å². The monoisotopic (exact) mass is 241 g/mol. The quantitative estimate of drug-likeness (QED) is 0.693. The van der Waals surface area contributed by atoms with Gasteiger partial charge in [-0.3, -0.25) is 4.90 Å². The van der Waals surface area contributed by atoms with Gasteiger partial charge in [0.25, 0.3) is 0 Å². The van der Waals surface area contributed by atoms with E-state index in [0.29, 0.717) is 5.41 Å².